The zero-order valence-corrected chi connectivity index (χ0v) is 12.0. The van der Waals surface area contributed by atoms with E-state index in [-0.39, 0.29) is 18.1 Å². The number of benzene rings is 2. The number of rotatable bonds is 4. The first-order valence-electron chi connectivity index (χ1n) is 7.15. The van der Waals surface area contributed by atoms with Crippen LogP contribution in [0, 0.1) is 5.82 Å². The van der Waals surface area contributed by atoms with E-state index in [9.17, 15) is 9.18 Å². The average Bonchev–Trinajstić information content (AvgIpc) is 2.53. The fourth-order valence-electron chi connectivity index (χ4n) is 2.29. The number of halogens is 1. The summed E-state index contributed by atoms with van der Waals surface area (Å²) in [5.41, 5.74) is 1.46. The lowest BCUT2D eigenvalue weighted by Crippen LogP contribution is -2.16. The lowest BCUT2D eigenvalue weighted by Gasteiger charge is -2.19. The largest absolute Gasteiger partial charge is 0.486 e. The Balaban J connectivity index is 1.57. The smallest absolute Gasteiger partial charge is 0.224 e. The number of anilines is 1. The molecule has 0 aromatic heterocycles. The van der Waals surface area contributed by atoms with Crippen LogP contribution in [-0.2, 0) is 11.2 Å². The number of ether oxygens (including phenoxy) is 2. The van der Waals surface area contributed by atoms with Crippen LogP contribution in [0.1, 0.15) is 12.0 Å². The van der Waals surface area contributed by atoms with Crippen molar-refractivity contribution in [3.8, 4) is 11.5 Å². The van der Waals surface area contributed by atoms with Crippen LogP contribution in [0.4, 0.5) is 10.1 Å². The van der Waals surface area contributed by atoms with Crippen LogP contribution in [0.5, 0.6) is 11.5 Å². The molecule has 0 fully saturated rings. The van der Waals surface area contributed by atoms with E-state index in [0.717, 1.165) is 5.56 Å². The van der Waals surface area contributed by atoms with Crippen molar-refractivity contribution in [3.05, 3.63) is 53.8 Å². The minimum atomic E-state index is -0.287. The average molecular weight is 301 g/mol. The number of carbonyl (C=O) groups is 1. The Hall–Kier alpha value is -2.56. The predicted molar refractivity (Wildman–Crippen MR) is 80.8 cm³/mol. The summed E-state index contributed by atoms with van der Waals surface area (Å²) in [6.45, 7) is 1.04. The molecular weight excluding hydrogens is 285 g/mol. The number of aryl methyl sites for hydroxylation is 1. The number of amides is 1. The molecule has 114 valence electrons. The Morgan fingerprint density at radius 3 is 2.73 bits per heavy atom. The van der Waals surface area contributed by atoms with Gasteiger partial charge in [0.05, 0.1) is 0 Å². The van der Waals surface area contributed by atoms with Crippen LogP contribution >= 0.6 is 0 Å². The maximum atomic E-state index is 13.1. The molecule has 3 rings (SSSR count). The molecular formula is C17H16FNO3. The second-order valence-electron chi connectivity index (χ2n) is 5.04. The third kappa shape index (κ3) is 3.55. The normalized spacial score (nSPS) is 12.8. The van der Waals surface area contributed by atoms with Crippen molar-refractivity contribution in [2.24, 2.45) is 0 Å². The molecule has 2 aromatic carbocycles. The molecule has 1 aliphatic heterocycles. The van der Waals surface area contributed by atoms with Gasteiger partial charge in [-0.2, -0.15) is 0 Å². The van der Waals surface area contributed by atoms with Crippen molar-refractivity contribution in [3.63, 3.8) is 0 Å². The van der Waals surface area contributed by atoms with Gasteiger partial charge in [0.25, 0.3) is 0 Å². The summed E-state index contributed by atoms with van der Waals surface area (Å²) in [7, 11) is 0. The maximum Gasteiger partial charge on any atom is 0.224 e. The van der Waals surface area contributed by atoms with Crippen molar-refractivity contribution >= 4 is 11.6 Å². The zero-order valence-electron chi connectivity index (χ0n) is 12.0. The van der Waals surface area contributed by atoms with E-state index < -0.39 is 0 Å². The van der Waals surface area contributed by atoms with Crippen LogP contribution in [-0.4, -0.2) is 19.1 Å². The lowest BCUT2D eigenvalue weighted by molar-refractivity contribution is -0.116. The Kier molecular flexibility index (Phi) is 4.23. The van der Waals surface area contributed by atoms with Gasteiger partial charge in [-0.25, -0.2) is 4.39 Å². The maximum absolute atomic E-state index is 13.1. The SMILES string of the molecule is O=C(CCc1cccc(F)c1)Nc1ccc2c(c1)OCCO2. The molecule has 2 aromatic rings. The third-order valence-corrected chi connectivity index (χ3v) is 3.36. The minimum absolute atomic E-state index is 0.124. The Morgan fingerprint density at radius 2 is 1.91 bits per heavy atom. The lowest BCUT2D eigenvalue weighted by atomic mass is 10.1. The summed E-state index contributed by atoms with van der Waals surface area (Å²) >= 11 is 0. The van der Waals surface area contributed by atoms with E-state index in [1.165, 1.54) is 12.1 Å². The van der Waals surface area contributed by atoms with Gasteiger partial charge in [-0.05, 0) is 36.2 Å². The first-order chi connectivity index (χ1) is 10.7. The van der Waals surface area contributed by atoms with E-state index in [1.807, 2.05) is 0 Å². The van der Waals surface area contributed by atoms with Crippen molar-refractivity contribution < 1.29 is 18.7 Å². The predicted octanol–water partition coefficient (Wildman–Crippen LogP) is 3.17. The highest BCUT2D eigenvalue weighted by Crippen LogP contribution is 2.32. The molecule has 5 heteroatoms. The van der Waals surface area contributed by atoms with Crippen molar-refractivity contribution in [1.29, 1.82) is 0 Å². The molecule has 0 unspecified atom stereocenters. The summed E-state index contributed by atoms with van der Waals surface area (Å²) in [6, 6.07) is 11.6. The van der Waals surface area contributed by atoms with Gasteiger partial charge < -0.3 is 14.8 Å². The van der Waals surface area contributed by atoms with Gasteiger partial charge in [-0.15, -0.1) is 0 Å². The summed E-state index contributed by atoms with van der Waals surface area (Å²) in [6.07, 6.45) is 0.784. The molecule has 22 heavy (non-hydrogen) atoms. The molecule has 0 bridgehead atoms. The fourth-order valence-corrected chi connectivity index (χ4v) is 2.29. The topological polar surface area (TPSA) is 47.6 Å². The molecule has 0 radical (unpaired) electrons. The van der Waals surface area contributed by atoms with Crippen LogP contribution in [0.2, 0.25) is 0 Å². The quantitative estimate of drug-likeness (QED) is 0.943. The van der Waals surface area contributed by atoms with Gasteiger partial charge in [0.1, 0.15) is 19.0 Å². The highest BCUT2D eigenvalue weighted by Gasteiger charge is 2.12. The standard InChI is InChI=1S/C17H16FNO3/c18-13-3-1-2-12(10-13)4-7-17(20)19-14-5-6-15-16(11-14)22-9-8-21-15/h1-3,5-6,10-11H,4,7-9H2,(H,19,20). The van der Waals surface area contributed by atoms with Crippen molar-refractivity contribution in [2.45, 2.75) is 12.8 Å². The molecule has 0 saturated heterocycles. The molecule has 4 nitrogen and oxygen atoms in total. The molecule has 1 heterocycles. The number of nitrogens with one attached hydrogen (secondary N) is 1. The van der Waals surface area contributed by atoms with E-state index in [2.05, 4.69) is 5.32 Å². The molecule has 0 atom stereocenters. The van der Waals surface area contributed by atoms with Crippen LogP contribution in [0.15, 0.2) is 42.5 Å². The van der Waals surface area contributed by atoms with E-state index in [1.54, 1.807) is 30.3 Å². The first-order valence-corrected chi connectivity index (χ1v) is 7.15. The third-order valence-electron chi connectivity index (χ3n) is 3.36. The number of hydrogen-bond donors (Lipinski definition) is 1. The monoisotopic (exact) mass is 301 g/mol. The van der Waals surface area contributed by atoms with Gasteiger partial charge in [-0.1, -0.05) is 12.1 Å². The van der Waals surface area contributed by atoms with Gasteiger partial charge >= 0.3 is 0 Å². The van der Waals surface area contributed by atoms with Gasteiger partial charge in [0, 0.05) is 18.2 Å². The number of hydrogen-bond acceptors (Lipinski definition) is 3. The fraction of sp³-hybridized carbons (Fsp3) is 0.235. The van der Waals surface area contributed by atoms with Crippen LogP contribution in [0.3, 0.4) is 0 Å². The molecule has 0 aliphatic carbocycles. The number of carbonyl (C=O) groups excluding carboxylic acids is 1. The van der Waals surface area contributed by atoms with E-state index in [0.29, 0.717) is 36.8 Å². The van der Waals surface area contributed by atoms with Gasteiger partial charge in [0.2, 0.25) is 5.91 Å². The molecule has 1 amide bonds. The highest BCUT2D eigenvalue weighted by atomic mass is 19.1. The van der Waals surface area contributed by atoms with E-state index >= 15 is 0 Å². The molecule has 1 aliphatic rings. The second kappa shape index (κ2) is 6.47. The van der Waals surface area contributed by atoms with E-state index in [4.69, 9.17) is 9.47 Å². The molecule has 1 N–H and O–H groups in total. The summed E-state index contributed by atoms with van der Waals surface area (Å²) in [5, 5.41) is 2.81. The molecule has 0 saturated carbocycles. The Bertz CT molecular complexity index is 687. The summed E-state index contributed by atoms with van der Waals surface area (Å²) in [4.78, 5) is 12.0. The molecule has 0 spiro atoms. The van der Waals surface area contributed by atoms with Crippen LogP contribution in [0.25, 0.3) is 0 Å². The summed E-state index contributed by atoms with van der Waals surface area (Å²) < 4.78 is 24.0. The Morgan fingerprint density at radius 1 is 1.09 bits per heavy atom. The van der Waals surface area contributed by atoms with Crippen LogP contribution < -0.4 is 14.8 Å². The van der Waals surface area contributed by atoms with Gasteiger partial charge in [0.15, 0.2) is 11.5 Å². The van der Waals surface area contributed by atoms with Gasteiger partial charge in [-0.3, -0.25) is 4.79 Å². The number of fused-ring (bicyclic) bond motifs is 1. The van der Waals surface area contributed by atoms with Crippen molar-refractivity contribution in [1.82, 2.24) is 0 Å². The first kappa shape index (κ1) is 14.4. The minimum Gasteiger partial charge on any atom is -0.486 e. The zero-order chi connectivity index (χ0) is 15.4. The summed E-state index contributed by atoms with van der Waals surface area (Å²) in [5.74, 6) is 0.906. The highest BCUT2D eigenvalue weighted by molar-refractivity contribution is 5.91. The Labute approximate surface area is 127 Å². The second-order valence-corrected chi connectivity index (χ2v) is 5.04. The van der Waals surface area contributed by atoms with Crippen molar-refractivity contribution in [2.75, 3.05) is 18.5 Å².